The molecule has 0 radical (unpaired) electrons. The van der Waals surface area contributed by atoms with Crippen LogP contribution >= 0.6 is 21.6 Å². The van der Waals surface area contributed by atoms with E-state index in [9.17, 15) is 57.8 Å². The number of unbranched alkanes of at least 4 members (excludes halogenated alkanes) is 1. The molecule has 2 aromatic rings. The number of benzene rings is 1. The van der Waals surface area contributed by atoms with Crippen molar-refractivity contribution in [3.8, 4) is 0 Å². The van der Waals surface area contributed by atoms with E-state index in [1.807, 2.05) is 0 Å². The van der Waals surface area contributed by atoms with Crippen LogP contribution in [0.4, 0.5) is 0 Å². The molecule has 6 aliphatic heterocycles. The van der Waals surface area contributed by atoms with Gasteiger partial charge in [0.15, 0.2) is 11.9 Å². The van der Waals surface area contributed by atoms with E-state index in [0.29, 0.717) is 36.9 Å². The first-order chi connectivity index (χ1) is 50.3. The Bertz CT molecular complexity index is 3490. The molecule has 13 atom stereocenters. The Hall–Kier alpha value is -9.79. The number of hydrogen-bond donors (Lipinski definition) is 18. The Balaban J connectivity index is 1.12. The second-order valence-electron chi connectivity index (χ2n) is 26.9. The number of aliphatic carboxylic acids is 1. The summed E-state index contributed by atoms with van der Waals surface area (Å²) in [5.74, 6) is -12.1. The molecule has 0 aliphatic carbocycles. The number of imidazole rings is 1. The highest BCUT2D eigenvalue weighted by molar-refractivity contribution is 8.76. The van der Waals surface area contributed by atoms with E-state index in [0.717, 1.165) is 21.6 Å². The number of carbonyl (C=O) groups excluding carboxylic acids is 13. The third kappa shape index (κ3) is 22.9. The zero-order valence-corrected chi connectivity index (χ0v) is 60.2. The van der Waals surface area contributed by atoms with Crippen molar-refractivity contribution in [2.45, 2.75) is 201 Å². The van der Waals surface area contributed by atoms with Gasteiger partial charge in [-0.3, -0.25) is 73.1 Å². The van der Waals surface area contributed by atoms with E-state index in [1.54, 1.807) is 37.3 Å². The van der Waals surface area contributed by atoms with Crippen LogP contribution in [-0.4, -0.2) is 265 Å². The van der Waals surface area contributed by atoms with Gasteiger partial charge in [0.25, 0.3) is 0 Å². The number of carboxylic acid groups (broad SMARTS) is 1. The average molecular weight is 1500 g/mol. The van der Waals surface area contributed by atoms with E-state index >= 15 is 14.4 Å². The molecule has 7 heterocycles. The number of nitrogens with zero attached hydrogens (tertiary/aromatic N) is 5. The standard InChI is InChI=1S/C66H98N22O15S2/c1-36-28-44(82-54(92)40(15-7-23-73-65(68)69)79-59(97)48-19-11-27-86(48)61(99)43(16-8-24-74-66(70)71)81-56(94)42-20-21-51(89)77-42)62(100)88(36)50-34-105-104-33-46(57(95)83-45(64(102)103)29-37-12-3-2-4-13-37)84-55(93)41-17-9-26-87(63(50)101)49(30-38-31-72-35-76-38)60(98)78-39(14-5-6-22-67)53(91)75-32-52(90)85-25-10-18-47(85)58(96)80-41/h2-4,12-13,31,35-36,39-50H,5-11,14-30,32-34,67H2,1H3,(H,72,76)(H,75,91)(H,77,89)(H,78,98)(H,79,97)(H,80,96)(H,81,94)(H,82,92)(H,83,95)(H,84,93)(H,102,103)(H4,68,69,73)(H4,70,71,74)/t36?,39-,40-,41-,42-,43-,44-,45-,46-,47-,48-,49-,50-/m0/s1. The minimum absolute atomic E-state index is 0.0403. The monoisotopic (exact) mass is 1500 g/mol. The number of guanidine groups is 2. The predicted molar refractivity (Wildman–Crippen MR) is 383 cm³/mol. The first-order valence-corrected chi connectivity index (χ1v) is 38.1. The van der Waals surface area contributed by atoms with Crippen LogP contribution in [0.1, 0.15) is 121 Å². The van der Waals surface area contributed by atoms with E-state index in [4.69, 9.17) is 28.0 Å². The maximum absolute atomic E-state index is 16.3. The largest absolute Gasteiger partial charge is 0.480 e. The Labute approximate surface area is 614 Å². The molecule has 8 rings (SSSR count). The first kappa shape index (κ1) is 80.9. The van der Waals surface area contributed by atoms with Crippen LogP contribution in [0, 0.1) is 10.8 Å². The topological polar surface area (TPSA) is 559 Å². The van der Waals surface area contributed by atoms with Crippen molar-refractivity contribution < 1.29 is 72.2 Å². The molecule has 2 bridgehead atoms. The number of H-pyrrole nitrogens is 1. The summed E-state index contributed by atoms with van der Waals surface area (Å²) in [6.45, 7) is 1.37. The molecule has 105 heavy (non-hydrogen) atoms. The number of nitrogens with one attached hydrogen (secondary N) is 14. The van der Waals surface area contributed by atoms with Crippen LogP contribution in [-0.2, 0) is 80.0 Å². The number of fused-ring (bicyclic) bond motifs is 5. The van der Waals surface area contributed by atoms with Gasteiger partial charge in [-0.2, -0.15) is 0 Å². The zero-order valence-electron chi connectivity index (χ0n) is 58.6. The number of amides is 13. The van der Waals surface area contributed by atoms with E-state index in [2.05, 4.69) is 68.5 Å². The van der Waals surface area contributed by atoms with Crippen LogP contribution in [0.3, 0.4) is 0 Å². The van der Waals surface area contributed by atoms with Gasteiger partial charge >= 0.3 is 5.97 Å². The van der Waals surface area contributed by atoms with Crippen LogP contribution < -0.4 is 75.7 Å². The van der Waals surface area contributed by atoms with Gasteiger partial charge in [0.05, 0.1) is 12.9 Å². The number of likely N-dealkylation sites (tertiary alicyclic amines) is 2. The summed E-state index contributed by atoms with van der Waals surface area (Å²) in [4.78, 5) is 214. The molecular weight excluding hydrogens is 1400 g/mol. The number of carbonyl (C=O) groups is 14. The lowest BCUT2D eigenvalue weighted by Crippen LogP contribution is -2.61. The SMILES string of the molecule is CC1C[C@H](NC(=O)[C@H](CCCNC(=N)N)NC(=O)[C@@H]2CCCN2C(=O)[C@H](CCCNC(=N)N)NC(=O)[C@@H]2CCC(=O)N2)C(=O)N1[C@H]1CSSC[C@@H](C(=O)N[C@@H](Cc2ccccc2)C(=O)O)NC(=O)[C@@H]2CCCN(C1=O)[C@@H](Cc1cnc[nH]1)C(=O)N[C@@H](CCCCN)C(=O)NCC(=O)N1CCC[C@H]1C(=O)N2. The minimum Gasteiger partial charge on any atom is -0.480 e. The van der Waals surface area contributed by atoms with Crippen molar-refractivity contribution in [1.29, 1.82) is 10.8 Å². The molecule has 6 saturated heterocycles. The fourth-order valence-corrected chi connectivity index (χ4v) is 16.2. The number of hydrogen-bond acceptors (Lipinski definition) is 20. The summed E-state index contributed by atoms with van der Waals surface area (Å²) in [6, 6.07) is -8.33. The normalized spacial score (nSPS) is 25.2. The smallest absolute Gasteiger partial charge is 0.326 e. The Kier molecular flexibility index (Phi) is 30.3. The molecule has 13 amide bonds. The molecule has 1 aromatic carbocycles. The third-order valence-electron chi connectivity index (χ3n) is 19.3. The van der Waals surface area contributed by atoms with Crippen LogP contribution in [0.25, 0.3) is 0 Å². The van der Waals surface area contributed by atoms with E-state index in [-0.39, 0.29) is 158 Å². The number of rotatable bonds is 27. The minimum atomic E-state index is -1.52. The van der Waals surface area contributed by atoms with Gasteiger partial charge in [-0.15, -0.1) is 0 Å². The Morgan fingerprint density at radius 2 is 1.36 bits per heavy atom. The van der Waals surface area contributed by atoms with Crippen LogP contribution in [0.2, 0.25) is 0 Å². The second-order valence-corrected chi connectivity index (χ2v) is 29.5. The quantitative estimate of drug-likeness (QED) is 0.0172. The summed E-state index contributed by atoms with van der Waals surface area (Å²) < 4.78 is 0. The van der Waals surface area contributed by atoms with E-state index in [1.165, 1.54) is 32.1 Å². The Morgan fingerprint density at radius 3 is 2.04 bits per heavy atom. The summed E-state index contributed by atoms with van der Waals surface area (Å²) in [5, 5.41) is 55.4. The summed E-state index contributed by atoms with van der Waals surface area (Å²) >= 11 is 0. The number of aromatic amines is 1. The van der Waals surface area contributed by atoms with Crippen molar-refractivity contribution in [2.75, 3.05) is 57.3 Å². The molecule has 6 fully saturated rings. The molecule has 37 nitrogen and oxygen atoms in total. The number of carboxylic acids is 1. The summed E-state index contributed by atoms with van der Waals surface area (Å²) in [7, 11) is 1.96. The maximum atomic E-state index is 16.3. The fraction of sp³-hybridized carbons (Fsp3) is 0.621. The van der Waals surface area contributed by atoms with Crippen LogP contribution in [0.15, 0.2) is 42.9 Å². The average Bonchev–Trinajstić information content (AvgIpc) is 1.69. The first-order valence-electron chi connectivity index (χ1n) is 35.6. The van der Waals surface area contributed by atoms with Crippen molar-refractivity contribution in [1.82, 2.24) is 88.1 Å². The van der Waals surface area contributed by atoms with Gasteiger partial charge in [0.1, 0.15) is 72.5 Å². The highest BCUT2D eigenvalue weighted by Gasteiger charge is 2.49. The van der Waals surface area contributed by atoms with Gasteiger partial charge in [0.2, 0.25) is 76.8 Å². The molecule has 0 saturated carbocycles. The lowest BCUT2D eigenvalue weighted by Gasteiger charge is -2.38. The third-order valence-corrected chi connectivity index (χ3v) is 21.7. The Morgan fingerprint density at radius 1 is 0.695 bits per heavy atom. The van der Waals surface area contributed by atoms with Crippen LogP contribution in [0.5, 0.6) is 0 Å². The van der Waals surface area contributed by atoms with Crippen molar-refractivity contribution in [3.05, 3.63) is 54.1 Å². The molecule has 6 aliphatic rings. The van der Waals surface area contributed by atoms with Crippen molar-refractivity contribution in [3.63, 3.8) is 0 Å². The molecule has 39 heteroatoms. The lowest BCUT2D eigenvalue weighted by atomic mass is 10.0. The zero-order chi connectivity index (χ0) is 75.9. The van der Waals surface area contributed by atoms with Crippen molar-refractivity contribution in [2.24, 2.45) is 17.2 Å². The highest BCUT2D eigenvalue weighted by atomic mass is 33.1. The van der Waals surface area contributed by atoms with Gasteiger partial charge in [-0.1, -0.05) is 51.9 Å². The van der Waals surface area contributed by atoms with E-state index < -0.39 is 162 Å². The van der Waals surface area contributed by atoms with Gasteiger partial charge in [-0.25, -0.2) is 9.78 Å². The maximum Gasteiger partial charge on any atom is 0.326 e. The molecule has 0 spiro atoms. The molecule has 21 N–H and O–H groups in total. The molecule has 1 aromatic heterocycles. The second kappa shape index (κ2) is 39.4. The summed E-state index contributed by atoms with van der Waals surface area (Å²) in [5.41, 5.74) is 17.9. The molecule has 574 valence electrons. The van der Waals surface area contributed by atoms with Gasteiger partial charge < -0.3 is 105 Å². The number of nitrogens with two attached hydrogens (primary N) is 3. The van der Waals surface area contributed by atoms with Crippen molar-refractivity contribution >= 4 is 116 Å². The predicted octanol–water partition coefficient (Wildman–Crippen LogP) is -4.92. The highest BCUT2D eigenvalue weighted by Crippen LogP contribution is 2.32. The summed E-state index contributed by atoms with van der Waals surface area (Å²) in [6.07, 6.45) is 4.32. The van der Waals surface area contributed by atoms with Gasteiger partial charge in [0, 0.05) is 81.4 Å². The molecular formula is C66H98N22O15S2. The fourth-order valence-electron chi connectivity index (χ4n) is 13.8. The number of aromatic nitrogens is 2. The lowest BCUT2D eigenvalue weighted by molar-refractivity contribution is -0.149. The molecule has 1 unspecified atom stereocenters. The van der Waals surface area contributed by atoms with Gasteiger partial charge in [-0.05, 0) is 115 Å².